The third-order valence-corrected chi connectivity index (χ3v) is 4.44. The summed E-state index contributed by atoms with van der Waals surface area (Å²) in [7, 11) is 1.89. The summed E-state index contributed by atoms with van der Waals surface area (Å²) in [5.41, 5.74) is 3.05. The Balaban J connectivity index is 2.11. The van der Waals surface area contributed by atoms with Gasteiger partial charge in [0.1, 0.15) is 11.2 Å². The molecule has 1 aliphatic rings. The number of hydrogen-bond acceptors (Lipinski definition) is 3. The molecule has 0 bridgehead atoms. The lowest BCUT2D eigenvalue weighted by atomic mass is 10.0. The van der Waals surface area contributed by atoms with E-state index in [0.29, 0.717) is 11.6 Å². The number of nitrogens with zero attached hydrogens (tertiary/aromatic N) is 2. The number of aliphatic imine (C=N–C) groups is 1. The maximum absolute atomic E-state index is 10.4. The lowest BCUT2D eigenvalue weighted by Crippen LogP contribution is -2.37. The second-order valence-corrected chi connectivity index (χ2v) is 6.48. The Hall–Kier alpha value is -1.94. The summed E-state index contributed by atoms with van der Waals surface area (Å²) < 4.78 is 0. The van der Waals surface area contributed by atoms with Gasteiger partial charge in [0, 0.05) is 29.7 Å². The number of nitrogens with one attached hydrogen (secondary N) is 1. The molecule has 116 valence electrons. The number of benzene rings is 1. The first-order valence-electron chi connectivity index (χ1n) is 7.43. The minimum Gasteiger partial charge on any atom is -0.492 e. The van der Waals surface area contributed by atoms with Crippen LogP contribution < -0.4 is 0 Å². The summed E-state index contributed by atoms with van der Waals surface area (Å²) in [5, 5.41) is 11.5. The fourth-order valence-corrected chi connectivity index (χ4v) is 3.11. The SMILES string of the molecule is CC(C)CC1=NC(O)=C(c2c[nH]c3ccccc23)N(C)C1Cl. The van der Waals surface area contributed by atoms with Gasteiger partial charge in [-0.2, -0.15) is 0 Å². The van der Waals surface area contributed by atoms with Gasteiger partial charge >= 0.3 is 0 Å². The predicted octanol–water partition coefficient (Wildman–Crippen LogP) is 4.35. The van der Waals surface area contributed by atoms with E-state index in [1.807, 2.05) is 42.4 Å². The Labute approximate surface area is 135 Å². The molecule has 2 N–H and O–H groups in total. The molecule has 22 heavy (non-hydrogen) atoms. The fourth-order valence-electron chi connectivity index (χ4n) is 2.88. The van der Waals surface area contributed by atoms with E-state index >= 15 is 0 Å². The van der Waals surface area contributed by atoms with Crippen LogP contribution in [0.3, 0.4) is 0 Å². The number of H-pyrrole nitrogens is 1. The van der Waals surface area contributed by atoms with E-state index in [0.717, 1.165) is 28.6 Å². The van der Waals surface area contributed by atoms with E-state index < -0.39 is 0 Å². The van der Waals surface area contributed by atoms with Crippen LogP contribution in [0.25, 0.3) is 16.6 Å². The molecule has 1 atom stereocenters. The number of halogens is 1. The highest BCUT2D eigenvalue weighted by molar-refractivity contribution is 6.32. The molecule has 4 nitrogen and oxygen atoms in total. The van der Waals surface area contributed by atoms with E-state index in [9.17, 15) is 5.11 Å². The number of aromatic amines is 1. The molecule has 1 unspecified atom stereocenters. The summed E-state index contributed by atoms with van der Waals surface area (Å²) >= 11 is 6.54. The quantitative estimate of drug-likeness (QED) is 0.653. The molecule has 0 radical (unpaired) electrons. The average Bonchev–Trinajstić information content (AvgIpc) is 2.88. The van der Waals surface area contributed by atoms with E-state index in [4.69, 9.17) is 11.6 Å². The summed E-state index contributed by atoms with van der Waals surface area (Å²) in [6.07, 6.45) is 2.66. The van der Waals surface area contributed by atoms with Gasteiger partial charge < -0.3 is 15.0 Å². The summed E-state index contributed by atoms with van der Waals surface area (Å²) in [5.74, 6) is 0.468. The highest BCUT2D eigenvalue weighted by atomic mass is 35.5. The van der Waals surface area contributed by atoms with Gasteiger partial charge in [-0.05, 0) is 18.4 Å². The molecule has 0 fully saturated rings. The van der Waals surface area contributed by atoms with Crippen molar-refractivity contribution < 1.29 is 5.11 Å². The maximum atomic E-state index is 10.4. The molecule has 2 aromatic rings. The van der Waals surface area contributed by atoms with Crippen molar-refractivity contribution in [1.82, 2.24) is 9.88 Å². The Bertz CT molecular complexity index is 760. The average molecular weight is 318 g/mol. The molecule has 3 rings (SSSR count). The molecule has 0 saturated heterocycles. The normalized spacial score (nSPS) is 19.2. The number of hydrogen-bond donors (Lipinski definition) is 2. The number of aromatic nitrogens is 1. The van der Waals surface area contributed by atoms with Crippen LogP contribution in [0.4, 0.5) is 0 Å². The molecule has 5 heteroatoms. The van der Waals surface area contributed by atoms with Crippen LogP contribution in [0.2, 0.25) is 0 Å². The van der Waals surface area contributed by atoms with Gasteiger partial charge in [-0.1, -0.05) is 43.6 Å². The molecule has 2 heterocycles. The van der Waals surface area contributed by atoms with E-state index in [2.05, 4.69) is 23.8 Å². The van der Waals surface area contributed by atoms with Crippen LogP contribution in [-0.4, -0.2) is 33.3 Å². The third-order valence-electron chi connectivity index (χ3n) is 3.89. The highest BCUT2D eigenvalue weighted by Crippen LogP contribution is 2.34. The molecule has 0 amide bonds. The Morgan fingerprint density at radius 2 is 2.09 bits per heavy atom. The third kappa shape index (κ3) is 2.48. The first kappa shape index (κ1) is 15.0. The van der Waals surface area contributed by atoms with Gasteiger partial charge in [-0.25, -0.2) is 4.99 Å². The predicted molar refractivity (Wildman–Crippen MR) is 92.1 cm³/mol. The molecule has 0 saturated carbocycles. The van der Waals surface area contributed by atoms with Crippen LogP contribution in [-0.2, 0) is 0 Å². The molecule has 0 aliphatic carbocycles. The number of alkyl halides is 1. The molecular formula is C17H20ClN3O. The van der Waals surface area contributed by atoms with Crippen molar-refractivity contribution in [2.45, 2.75) is 25.8 Å². The van der Waals surface area contributed by atoms with E-state index in [-0.39, 0.29) is 11.4 Å². The Morgan fingerprint density at radius 3 is 2.82 bits per heavy atom. The standard InChI is InChI=1S/C17H20ClN3O/c1-10(2)8-14-16(18)21(3)15(17(22)20-14)12-9-19-13-7-5-4-6-11(12)13/h4-7,9-10,16,19,22H,8H2,1-3H3. The summed E-state index contributed by atoms with van der Waals surface area (Å²) in [4.78, 5) is 9.47. The lowest BCUT2D eigenvalue weighted by molar-refractivity contribution is 0.373. The number of fused-ring (bicyclic) bond motifs is 1. The van der Waals surface area contributed by atoms with Crippen molar-refractivity contribution in [1.29, 1.82) is 0 Å². The van der Waals surface area contributed by atoms with Crippen LogP contribution in [0.5, 0.6) is 0 Å². The Kier molecular flexibility index (Phi) is 3.87. The zero-order chi connectivity index (χ0) is 15.9. The molecular weight excluding hydrogens is 298 g/mol. The van der Waals surface area contributed by atoms with Gasteiger partial charge in [-0.15, -0.1) is 0 Å². The van der Waals surface area contributed by atoms with Gasteiger partial charge in [-0.3, -0.25) is 0 Å². The van der Waals surface area contributed by atoms with Crippen molar-refractivity contribution in [3.8, 4) is 0 Å². The summed E-state index contributed by atoms with van der Waals surface area (Å²) in [6.45, 7) is 4.23. The molecule has 0 spiro atoms. The van der Waals surface area contributed by atoms with Crippen LogP contribution in [0.15, 0.2) is 41.3 Å². The number of rotatable bonds is 3. The van der Waals surface area contributed by atoms with Crippen molar-refractivity contribution in [2.24, 2.45) is 10.9 Å². The number of para-hydroxylation sites is 1. The summed E-state index contributed by atoms with van der Waals surface area (Å²) in [6, 6.07) is 7.98. The van der Waals surface area contributed by atoms with Gasteiger partial charge in [0.15, 0.2) is 0 Å². The second kappa shape index (κ2) is 5.69. The zero-order valence-electron chi connectivity index (χ0n) is 13.0. The van der Waals surface area contributed by atoms with E-state index in [1.165, 1.54) is 0 Å². The molecule has 1 aliphatic heterocycles. The monoisotopic (exact) mass is 317 g/mol. The van der Waals surface area contributed by atoms with Crippen molar-refractivity contribution in [3.05, 3.63) is 41.9 Å². The first-order valence-corrected chi connectivity index (χ1v) is 7.86. The van der Waals surface area contributed by atoms with Gasteiger partial charge in [0.25, 0.3) is 0 Å². The first-order chi connectivity index (χ1) is 10.5. The smallest absolute Gasteiger partial charge is 0.235 e. The molecule has 1 aromatic heterocycles. The van der Waals surface area contributed by atoms with Gasteiger partial charge in [0.05, 0.1) is 5.71 Å². The van der Waals surface area contributed by atoms with Crippen molar-refractivity contribution >= 4 is 33.9 Å². The van der Waals surface area contributed by atoms with Crippen molar-refractivity contribution in [2.75, 3.05) is 7.05 Å². The van der Waals surface area contributed by atoms with Crippen molar-refractivity contribution in [3.63, 3.8) is 0 Å². The topological polar surface area (TPSA) is 51.6 Å². The molecule has 1 aromatic carbocycles. The van der Waals surface area contributed by atoms with Crippen LogP contribution in [0.1, 0.15) is 25.8 Å². The zero-order valence-corrected chi connectivity index (χ0v) is 13.7. The largest absolute Gasteiger partial charge is 0.492 e. The number of aliphatic hydroxyl groups excluding tert-OH is 1. The van der Waals surface area contributed by atoms with E-state index in [1.54, 1.807) is 0 Å². The number of aliphatic hydroxyl groups is 1. The lowest BCUT2D eigenvalue weighted by Gasteiger charge is -2.32. The Morgan fingerprint density at radius 1 is 1.36 bits per heavy atom. The fraction of sp³-hybridized carbons (Fsp3) is 0.353. The minimum atomic E-state index is -0.345. The minimum absolute atomic E-state index is 0.0276. The van der Waals surface area contributed by atoms with Crippen LogP contribution in [0, 0.1) is 5.92 Å². The second-order valence-electron chi connectivity index (χ2n) is 6.07. The maximum Gasteiger partial charge on any atom is 0.235 e. The highest BCUT2D eigenvalue weighted by Gasteiger charge is 2.30. The van der Waals surface area contributed by atoms with Crippen LogP contribution >= 0.6 is 11.6 Å². The van der Waals surface area contributed by atoms with Gasteiger partial charge in [0.2, 0.25) is 5.88 Å².